The summed E-state index contributed by atoms with van der Waals surface area (Å²) >= 11 is 5.87. The largest absolute Gasteiger partial charge is 0.489 e. The summed E-state index contributed by atoms with van der Waals surface area (Å²) in [5.41, 5.74) is 7.62. The lowest BCUT2D eigenvalue weighted by atomic mass is 10.1. The summed E-state index contributed by atoms with van der Waals surface area (Å²) in [5, 5.41) is 3.58. The number of benzene rings is 2. The van der Waals surface area contributed by atoms with Gasteiger partial charge in [0.05, 0.1) is 6.42 Å². The van der Waals surface area contributed by atoms with Crippen molar-refractivity contribution in [1.82, 2.24) is 5.32 Å². The van der Waals surface area contributed by atoms with Crippen LogP contribution in [0.25, 0.3) is 0 Å². The van der Waals surface area contributed by atoms with E-state index in [0.29, 0.717) is 24.6 Å². The first kappa shape index (κ1) is 18.3. The number of hydrogen-bond donors (Lipinski definition) is 2. The second-order valence-corrected chi connectivity index (χ2v) is 6.29. The zero-order chi connectivity index (χ0) is 17.4. The second kappa shape index (κ2) is 9.30. The van der Waals surface area contributed by atoms with E-state index in [1.54, 1.807) is 0 Å². The number of carbonyl (C=O) groups excluding carboxylic acids is 1. The molecule has 0 aromatic heterocycles. The summed E-state index contributed by atoms with van der Waals surface area (Å²) in [4.78, 5) is 11.9. The molecule has 2 aromatic carbocycles. The zero-order valence-corrected chi connectivity index (χ0v) is 14.6. The van der Waals surface area contributed by atoms with Gasteiger partial charge >= 0.3 is 0 Å². The van der Waals surface area contributed by atoms with Gasteiger partial charge in [0.1, 0.15) is 12.4 Å². The van der Waals surface area contributed by atoms with Gasteiger partial charge in [-0.3, -0.25) is 4.79 Å². The lowest BCUT2D eigenvalue weighted by Gasteiger charge is -2.09. The van der Waals surface area contributed by atoms with E-state index in [4.69, 9.17) is 22.1 Å². The van der Waals surface area contributed by atoms with Crippen LogP contribution in [0.1, 0.15) is 24.5 Å². The summed E-state index contributed by atoms with van der Waals surface area (Å²) in [7, 11) is 0. The van der Waals surface area contributed by atoms with Crippen molar-refractivity contribution in [2.75, 3.05) is 6.54 Å². The Hall–Kier alpha value is -2.04. The lowest BCUT2D eigenvalue weighted by Crippen LogP contribution is -2.29. The van der Waals surface area contributed by atoms with E-state index in [9.17, 15) is 4.79 Å². The molecule has 24 heavy (non-hydrogen) atoms. The van der Waals surface area contributed by atoms with Crippen LogP contribution in [0.15, 0.2) is 48.5 Å². The Morgan fingerprint density at radius 2 is 1.96 bits per heavy atom. The molecular weight excluding hydrogens is 324 g/mol. The summed E-state index contributed by atoms with van der Waals surface area (Å²) in [5.74, 6) is 0.733. The summed E-state index contributed by atoms with van der Waals surface area (Å²) in [6, 6.07) is 15.2. The predicted molar refractivity (Wildman–Crippen MR) is 97.2 cm³/mol. The highest BCUT2D eigenvalue weighted by atomic mass is 35.5. The molecule has 1 unspecified atom stereocenters. The van der Waals surface area contributed by atoms with Crippen LogP contribution in [0.2, 0.25) is 5.02 Å². The SMILES string of the molecule is CC(N)CCNC(=O)Cc1cccc(OCc2ccc(Cl)cc2)c1. The molecule has 128 valence electrons. The molecule has 0 heterocycles. The fourth-order valence-corrected chi connectivity index (χ4v) is 2.31. The van der Waals surface area contributed by atoms with Crippen molar-refractivity contribution >= 4 is 17.5 Å². The molecule has 3 N–H and O–H groups in total. The topological polar surface area (TPSA) is 64.3 Å². The third-order valence-corrected chi connectivity index (χ3v) is 3.76. The normalized spacial score (nSPS) is 11.8. The number of halogens is 1. The standard InChI is InChI=1S/C19H23ClN2O2/c1-14(21)9-10-22-19(23)12-16-3-2-4-18(11-16)24-13-15-5-7-17(20)8-6-15/h2-8,11,14H,9-10,12-13,21H2,1H3,(H,22,23). The highest BCUT2D eigenvalue weighted by molar-refractivity contribution is 6.30. The van der Waals surface area contributed by atoms with E-state index < -0.39 is 0 Å². The van der Waals surface area contributed by atoms with Crippen LogP contribution in [0.5, 0.6) is 5.75 Å². The molecule has 0 saturated carbocycles. The molecule has 0 fully saturated rings. The Kier molecular flexibility index (Phi) is 7.09. The first-order chi connectivity index (χ1) is 11.5. The molecule has 0 spiro atoms. The van der Waals surface area contributed by atoms with Crippen LogP contribution in [0.3, 0.4) is 0 Å². The quantitative estimate of drug-likeness (QED) is 0.770. The Bertz CT molecular complexity index is 657. The molecule has 1 amide bonds. The first-order valence-corrected chi connectivity index (χ1v) is 8.39. The van der Waals surface area contributed by atoms with Crippen molar-refractivity contribution in [2.24, 2.45) is 5.73 Å². The van der Waals surface area contributed by atoms with Crippen molar-refractivity contribution in [2.45, 2.75) is 32.4 Å². The molecule has 0 radical (unpaired) electrons. The van der Waals surface area contributed by atoms with Crippen molar-refractivity contribution in [3.05, 3.63) is 64.7 Å². The van der Waals surface area contributed by atoms with Crippen LogP contribution >= 0.6 is 11.6 Å². The average Bonchev–Trinajstić information content (AvgIpc) is 2.54. The molecular formula is C19H23ClN2O2. The number of nitrogens with one attached hydrogen (secondary N) is 1. The van der Waals surface area contributed by atoms with Crippen molar-refractivity contribution in [3.63, 3.8) is 0 Å². The van der Waals surface area contributed by atoms with Crippen molar-refractivity contribution in [3.8, 4) is 5.75 Å². The predicted octanol–water partition coefficient (Wildman–Crippen LogP) is 3.32. The van der Waals surface area contributed by atoms with Crippen molar-refractivity contribution in [1.29, 1.82) is 0 Å². The highest BCUT2D eigenvalue weighted by Crippen LogP contribution is 2.16. The number of carbonyl (C=O) groups is 1. The third kappa shape index (κ3) is 6.60. The number of amides is 1. The first-order valence-electron chi connectivity index (χ1n) is 8.01. The van der Waals surface area contributed by atoms with Gasteiger partial charge < -0.3 is 15.8 Å². The Balaban J connectivity index is 1.84. The minimum Gasteiger partial charge on any atom is -0.489 e. The van der Waals surface area contributed by atoms with Crippen LogP contribution in [-0.2, 0) is 17.8 Å². The van der Waals surface area contributed by atoms with Crippen molar-refractivity contribution < 1.29 is 9.53 Å². The van der Waals surface area contributed by atoms with Gasteiger partial charge in [0.25, 0.3) is 0 Å². The molecule has 0 saturated heterocycles. The van der Waals surface area contributed by atoms with Gasteiger partial charge in [-0.15, -0.1) is 0 Å². The maximum Gasteiger partial charge on any atom is 0.224 e. The summed E-state index contributed by atoms with van der Waals surface area (Å²) in [6.07, 6.45) is 1.10. The fraction of sp³-hybridized carbons (Fsp3) is 0.316. The van der Waals surface area contributed by atoms with Crippen LogP contribution in [-0.4, -0.2) is 18.5 Å². The molecule has 0 aliphatic carbocycles. The number of nitrogens with two attached hydrogens (primary N) is 1. The van der Waals surface area contributed by atoms with Gasteiger partial charge in [-0.05, 0) is 48.7 Å². The number of rotatable bonds is 8. The second-order valence-electron chi connectivity index (χ2n) is 5.86. The van der Waals surface area contributed by atoms with Gasteiger partial charge in [0.15, 0.2) is 0 Å². The minimum absolute atomic E-state index is 0.00880. The minimum atomic E-state index is -0.00880. The number of ether oxygens (including phenoxy) is 1. The molecule has 2 aromatic rings. The summed E-state index contributed by atoms with van der Waals surface area (Å²) in [6.45, 7) is 2.98. The van der Waals surface area contributed by atoms with E-state index in [1.807, 2.05) is 55.5 Å². The van der Waals surface area contributed by atoms with Crippen LogP contribution in [0.4, 0.5) is 0 Å². The smallest absolute Gasteiger partial charge is 0.224 e. The Labute approximate surface area is 148 Å². The average molecular weight is 347 g/mol. The summed E-state index contributed by atoms with van der Waals surface area (Å²) < 4.78 is 5.78. The Morgan fingerprint density at radius 1 is 1.21 bits per heavy atom. The lowest BCUT2D eigenvalue weighted by molar-refractivity contribution is -0.120. The third-order valence-electron chi connectivity index (χ3n) is 3.50. The molecule has 0 aliphatic heterocycles. The zero-order valence-electron chi connectivity index (χ0n) is 13.8. The van der Waals surface area contributed by atoms with Gasteiger partial charge in [-0.1, -0.05) is 35.9 Å². The number of hydrogen-bond acceptors (Lipinski definition) is 3. The fourth-order valence-electron chi connectivity index (χ4n) is 2.18. The molecule has 1 atom stereocenters. The maximum atomic E-state index is 11.9. The van der Waals surface area contributed by atoms with E-state index in [0.717, 1.165) is 23.3 Å². The highest BCUT2D eigenvalue weighted by Gasteiger charge is 2.05. The van der Waals surface area contributed by atoms with Gasteiger partial charge in [0.2, 0.25) is 5.91 Å². The van der Waals surface area contributed by atoms with Gasteiger partial charge in [-0.2, -0.15) is 0 Å². The van der Waals surface area contributed by atoms with E-state index in [-0.39, 0.29) is 11.9 Å². The molecule has 2 rings (SSSR count). The monoisotopic (exact) mass is 346 g/mol. The molecule has 5 heteroatoms. The van der Waals surface area contributed by atoms with E-state index in [2.05, 4.69) is 5.32 Å². The molecule has 0 bridgehead atoms. The maximum absolute atomic E-state index is 11.9. The van der Waals surface area contributed by atoms with Crippen LogP contribution < -0.4 is 15.8 Å². The van der Waals surface area contributed by atoms with E-state index in [1.165, 1.54) is 0 Å². The van der Waals surface area contributed by atoms with Crippen LogP contribution in [0, 0.1) is 0 Å². The van der Waals surface area contributed by atoms with E-state index >= 15 is 0 Å². The van der Waals surface area contributed by atoms with Gasteiger partial charge in [-0.25, -0.2) is 0 Å². The molecule has 0 aliphatic rings. The Morgan fingerprint density at radius 3 is 2.67 bits per heavy atom. The van der Waals surface area contributed by atoms with Gasteiger partial charge in [0, 0.05) is 17.6 Å². The molecule has 4 nitrogen and oxygen atoms in total.